The molecule has 7 nitrogen and oxygen atoms in total. The minimum Gasteiger partial charge on any atom is -0.481 e. The van der Waals surface area contributed by atoms with E-state index in [4.69, 9.17) is 5.11 Å². The van der Waals surface area contributed by atoms with Crippen LogP contribution in [-0.2, 0) is 16.1 Å². The van der Waals surface area contributed by atoms with Gasteiger partial charge in [-0.15, -0.1) is 5.10 Å². The number of aliphatic carboxylic acids is 1. The number of carbonyl (C=O) groups is 2. The molecule has 1 amide bonds. The molecule has 126 valence electrons. The quantitative estimate of drug-likeness (QED) is 0.808. The van der Waals surface area contributed by atoms with Crippen molar-refractivity contribution in [3.63, 3.8) is 0 Å². The first-order chi connectivity index (χ1) is 11.5. The zero-order valence-corrected chi connectivity index (χ0v) is 13.5. The number of hydrogen-bond acceptors (Lipinski definition) is 4. The van der Waals surface area contributed by atoms with Crippen LogP contribution in [0.25, 0.3) is 0 Å². The zero-order valence-electron chi connectivity index (χ0n) is 13.5. The van der Waals surface area contributed by atoms with Crippen molar-refractivity contribution in [2.24, 2.45) is 0 Å². The number of nitrogens with one attached hydrogen (secondary N) is 1. The van der Waals surface area contributed by atoms with Gasteiger partial charge in [0.1, 0.15) is 6.54 Å². The second-order valence-electron chi connectivity index (χ2n) is 6.19. The van der Waals surface area contributed by atoms with Crippen molar-refractivity contribution in [2.45, 2.75) is 44.7 Å². The standard InChI is InChI=1S/C17H20N4O3/c1-11-4-2-3-5-13(11)14(8-17(23)24)18-16(22)10-21-9-15(19-20-21)12-6-7-12/h2-5,9,12,14H,6-8,10H2,1H3,(H,18,22)(H,23,24). The molecule has 1 unspecified atom stereocenters. The molecule has 3 rings (SSSR count). The molecule has 1 atom stereocenters. The number of benzene rings is 1. The molecule has 0 spiro atoms. The maximum atomic E-state index is 12.3. The van der Waals surface area contributed by atoms with Gasteiger partial charge in [0.2, 0.25) is 5.91 Å². The Kier molecular flexibility index (Phi) is 4.59. The first-order valence-corrected chi connectivity index (χ1v) is 7.99. The molecule has 0 radical (unpaired) electrons. The normalized spacial score (nSPS) is 15.0. The van der Waals surface area contributed by atoms with Crippen LogP contribution in [0.4, 0.5) is 0 Å². The Morgan fingerprint density at radius 2 is 2.12 bits per heavy atom. The lowest BCUT2D eigenvalue weighted by Crippen LogP contribution is -2.33. The van der Waals surface area contributed by atoms with E-state index in [9.17, 15) is 9.59 Å². The van der Waals surface area contributed by atoms with Gasteiger partial charge in [0.25, 0.3) is 0 Å². The molecule has 1 saturated carbocycles. The van der Waals surface area contributed by atoms with Crippen molar-refractivity contribution in [1.82, 2.24) is 20.3 Å². The van der Waals surface area contributed by atoms with E-state index in [1.165, 1.54) is 4.68 Å². The highest BCUT2D eigenvalue weighted by Gasteiger charge is 2.27. The smallest absolute Gasteiger partial charge is 0.305 e. The predicted octanol–water partition coefficient (Wildman–Crippen LogP) is 1.80. The van der Waals surface area contributed by atoms with Crippen molar-refractivity contribution in [3.8, 4) is 0 Å². The second kappa shape index (κ2) is 6.82. The molecule has 24 heavy (non-hydrogen) atoms. The highest BCUT2D eigenvalue weighted by atomic mass is 16.4. The third-order valence-corrected chi connectivity index (χ3v) is 4.14. The average Bonchev–Trinajstić information content (AvgIpc) is 3.27. The van der Waals surface area contributed by atoms with Gasteiger partial charge in [0.15, 0.2) is 0 Å². The summed E-state index contributed by atoms with van der Waals surface area (Å²) in [5.41, 5.74) is 2.68. The Hall–Kier alpha value is -2.70. The van der Waals surface area contributed by atoms with Gasteiger partial charge in [-0.1, -0.05) is 29.5 Å². The van der Waals surface area contributed by atoms with Gasteiger partial charge in [-0.3, -0.25) is 9.59 Å². The predicted molar refractivity (Wildman–Crippen MR) is 86.3 cm³/mol. The Balaban J connectivity index is 1.68. The molecule has 1 heterocycles. The molecule has 0 bridgehead atoms. The highest BCUT2D eigenvalue weighted by molar-refractivity contribution is 5.77. The largest absolute Gasteiger partial charge is 0.481 e. The summed E-state index contributed by atoms with van der Waals surface area (Å²) in [5, 5.41) is 20.0. The van der Waals surface area contributed by atoms with Gasteiger partial charge >= 0.3 is 5.97 Å². The number of carboxylic acid groups (broad SMARTS) is 1. The fourth-order valence-electron chi connectivity index (χ4n) is 2.74. The number of hydrogen-bond donors (Lipinski definition) is 2. The summed E-state index contributed by atoms with van der Waals surface area (Å²) in [5.74, 6) is -0.759. The van der Waals surface area contributed by atoms with Crippen LogP contribution in [0.15, 0.2) is 30.5 Å². The first kappa shape index (κ1) is 16.2. The van der Waals surface area contributed by atoms with E-state index in [0.717, 1.165) is 29.7 Å². The Morgan fingerprint density at radius 3 is 2.79 bits per heavy atom. The minimum atomic E-state index is -0.958. The van der Waals surface area contributed by atoms with E-state index in [1.54, 1.807) is 6.20 Å². The van der Waals surface area contributed by atoms with E-state index in [1.807, 2.05) is 31.2 Å². The molecule has 0 aliphatic heterocycles. The van der Waals surface area contributed by atoms with Crippen LogP contribution < -0.4 is 5.32 Å². The van der Waals surface area contributed by atoms with Gasteiger partial charge < -0.3 is 10.4 Å². The van der Waals surface area contributed by atoms with Crippen LogP contribution in [0.2, 0.25) is 0 Å². The van der Waals surface area contributed by atoms with Crippen molar-refractivity contribution in [2.75, 3.05) is 0 Å². The summed E-state index contributed by atoms with van der Waals surface area (Å²) in [6.45, 7) is 1.93. The average molecular weight is 328 g/mol. The van der Waals surface area contributed by atoms with Crippen LogP contribution >= 0.6 is 0 Å². The summed E-state index contributed by atoms with van der Waals surface area (Å²) >= 11 is 0. The molecule has 1 fully saturated rings. The monoisotopic (exact) mass is 328 g/mol. The van der Waals surface area contributed by atoms with Crippen molar-refractivity contribution in [1.29, 1.82) is 0 Å². The van der Waals surface area contributed by atoms with E-state index in [2.05, 4.69) is 15.6 Å². The van der Waals surface area contributed by atoms with Crippen LogP contribution in [0.5, 0.6) is 0 Å². The van der Waals surface area contributed by atoms with Crippen LogP contribution in [0.3, 0.4) is 0 Å². The van der Waals surface area contributed by atoms with Crippen molar-refractivity contribution in [3.05, 3.63) is 47.3 Å². The van der Waals surface area contributed by atoms with E-state index < -0.39 is 12.0 Å². The van der Waals surface area contributed by atoms with Gasteiger partial charge in [-0.2, -0.15) is 0 Å². The molecule has 1 aromatic carbocycles. The molecular formula is C17H20N4O3. The number of rotatable bonds is 7. The number of aromatic nitrogens is 3. The Labute approximate surface area is 139 Å². The highest BCUT2D eigenvalue weighted by Crippen LogP contribution is 2.38. The SMILES string of the molecule is Cc1ccccc1C(CC(=O)O)NC(=O)Cn1cc(C2CC2)nn1. The van der Waals surface area contributed by atoms with Gasteiger partial charge in [0.05, 0.1) is 18.2 Å². The van der Waals surface area contributed by atoms with Crippen LogP contribution in [-0.4, -0.2) is 32.0 Å². The van der Waals surface area contributed by atoms with Gasteiger partial charge in [-0.05, 0) is 30.9 Å². The molecular weight excluding hydrogens is 308 g/mol. The van der Waals surface area contributed by atoms with Gasteiger partial charge in [-0.25, -0.2) is 4.68 Å². The minimum absolute atomic E-state index is 0.0295. The summed E-state index contributed by atoms with van der Waals surface area (Å²) in [4.78, 5) is 23.4. The molecule has 1 aromatic heterocycles. The second-order valence-corrected chi connectivity index (χ2v) is 6.19. The number of amides is 1. The lowest BCUT2D eigenvalue weighted by atomic mass is 9.99. The molecule has 1 aliphatic rings. The lowest BCUT2D eigenvalue weighted by molar-refractivity contribution is -0.137. The van der Waals surface area contributed by atoms with E-state index in [0.29, 0.717) is 5.92 Å². The molecule has 7 heteroatoms. The molecule has 1 aliphatic carbocycles. The number of nitrogens with zero attached hydrogens (tertiary/aromatic N) is 3. The van der Waals surface area contributed by atoms with Gasteiger partial charge in [0, 0.05) is 12.1 Å². The third-order valence-electron chi connectivity index (χ3n) is 4.14. The fourth-order valence-corrected chi connectivity index (χ4v) is 2.74. The van der Waals surface area contributed by atoms with Crippen LogP contribution in [0.1, 0.15) is 48.0 Å². The Bertz CT molecular complexity index is 752. The molecule has 2 aromatic rings. The topological polar surface area (TPSA) is 97.1 Å². The fraction of sp³-hybridized carbons (Fsp3) is 0.412. The lowest BCUT2D eigenvalue weighted by Gasteiger charge is -2.19. The van der Waals surface area contributed by atoms with Crippen molar-refractivity contribution >= 4 is 11.9 Å². The van der Waals surface area contributed by atoms with Crippen LogP contribution in [0, 0.1) is 6.92 Å². The number of aryl methyl sites for hydroxylation is 1. The summed E-state index contributed by atoms with van der Waals surface area (Å²) < 4.78 is 1.50. The van der Waals surface area contributed by atoms with E-state index in [-0.39, 0.29) is 18.9 Å². The zero-order chi connectivity index (χ0) is 17.1. The number of carbonyl (C=O) groups excluding carboxylic acids is 1. The molecule has 2 N–H and O–H groups in total. The summed E-state index contributed by atoms with van der Waals surface area (Å²) in [6, 6.07) is 6.89. The van der Waals surface area contributed by atoms with E-state index >= 15 is 0 Å². The summed E-state index contributed by atoms with van der Waals surface area (Å²) in [6.07, 6.45) is 3.87. The summed E-state index contributed by atoms with van der Waals surface area (Å²) in [7, 11) is 0. The maximum Gasteiger partial charge on any atom is 0.305 e. The maximum absolute atomic E-state index is 12.3. The molecule has 0 saturated heterocycles. The van der Waals surface area contributed by atoms with Crippen molar-refractivity contribution < 1.29 is 14.7 Å². The Morgan fingerprint density at radius 1 is 1.38 bits per heavy atom. The number of carboxylic acids is 1. The third kappa shape index (κ3) is 3.98. The first-order valence-electron chi connectivity index (χ1n) is 7.99.